The van der Waals surface area contributed by atoms with Crippen molar-refractivity contribution in [1.29, 1.82) is 0 Å². The molecule has 0 amide bonds. The van der Waals surface area contributed by atoms with E-state index in [-0.39, 0.29) is 5.75 Å². The number of aryl methyl sites for hydroxylation is 1. The summed E-state index contributed by atoms with van der Waals surface area (Å²) in [5, 5.41) is 0. The Balaban J connectivity index is 1.79. The molecule has 1 saturated heterocycles. The molecule has 0 spiro atoms. The van der Waals surface area contributed by atoms with Gasteiger partial charge in [-0.2, -0.15) is 0 Å². The van der Waals surface area contributed by atoms with Gasteiger partial charge in [0.05, 0.1) is 10.5 Å². The minimum Gasteiger partial charge on any atom is -0.354 e. The first-order valence-corrected chi connectivity index (χ1v) is 11.4. The van der Waals surface area contributed by atoms with Crippen LogP contribution in [0.4, 0.5) is 5.82 Å². The van der Waals surface area contributed by atoms with Gasteiger partial charge in [0.15, 0.2) is 15.7 Å². The molecule has 1 fully saturated rings. The van der Waals surface area contributed by atoms with Crippen LogP contribution in [0.1, 0.15) is 44.4 Å². The van der Waals surface area contributed by atoms with Crippen LogP contribution in [0.3, 0.4) is 0 Å². The zero-order chi connectivity index (χ0) is 19.1. The van der Waals surface area contributed by atoms with Crippen LogP contribution in [0, 0.1) is 0 Å². The Morgan fingerprint density at radius 2 is 1.96 bits per heavy atom. The van der Waals surface area contributed by atoms with E-state index in [9.17, 15) is 8.42 Å². The van der Waals surface area contributed by atoms with Crippen LogP contribution in [0.5, 0.6) is 0 Å². The Morgan fingerprint density at radius 3 is 2.67 bits per heavy atom. The van der Waals surface area contributed by atoms with Crippen LogP contribution in [0.15, 0.2) is 24.4 Å². The van der Waals surface area contributed by atoms with Crippen LogP contribution in [0.25, 0.3) is 11.5 Å². The number of pyridine rings is 1. The maximum Gasteiger partial charge on any atom is 0.180 e. The second-order valence-electron chi connectivity index (χ2n) is 7.50. The van der Waals surface area contributed by atoms with E-state index in [0.717, 1.165) is 36.5 Å². The summed E-state index contributed by atoms with van der Waals surface area (Å²) in [6.45, 7) is 4.96. The van der Waals surface area contributed by atoms with Gasteiger partial charge in [-0.25, -0.2) is 18.4 Å². The largest absolute Gasteiger partial charge is 0.354 e. The average molecular weight is 387 g/mol. The lowest BCUT2D eigenvalue weighted by molar-refractivity contribution is 0.457. The van der Waals surface area contributed by atoms with Gasteiger partial charge in [0, 0.05) is 30.5 Å². The third kappa shape index (κ3) is 3.02. The van der Waals surface area contributed by atoms with Crippen LogP contribution >= 0.6 is 0 Å². The van der Waals surface area contributed by atoms with Gasteiger partial charge in [0.25, 0.3) is 0 Å². The summed E-state index contributed by atoms with van der Waals surface area (Å²) in [5.41, 5.74) is 3.04. The number of nitrogens with zero attached hydrogens (tertiary/aromatic N) is 4. The quantitative estimate of drug-likeness (QED) is 0.804. The Hall–Kier alpha value is -2.02. The standard InChI is InChI=1S/C20H26N4O2S/c1-3-20(4-2)14-24(12-13-27(20,25)26)19-15-8-7-10-16(15)22-18(23-19)17-9-5-6-11-21-17/h5-6,9,11H,3-4,7-8,10,12-14H2,1-2H3. The lowest BCUT2D eigenvalue weighted by Gasteiger charge is -2.42. The van der Waals surface area contributed by atoms with Gasteiger partial charge in [0.1, 0.15) is 11.5 Å². The second-order valence-corrected chi connectivity index (χ2v) is 10.00. The van der Waals surface area contributed by atoms with Gasteiger partial charge >= 0.3 is 0 Å². The van der Waals surface area contributed by atoms with E-state index in [2.05, 4.69) is 9.88 Å². The van der Waals surface area contributed by atoms with Crippen molar-refractivity contribution in [3.63, 3.8) is 0 Å². The number of hydrogen-bond acceptors (Lipinski definition) is 6. The summed E-state index contributed by atoms with van der Waals surface area (Å²) in [5.74, 6) is 1.74. The molecule has 0 bridgehead atoms. The molecule has 2 aromatic heterocycles. The fraction of sp³-hybridized carbons (Fsp3) is 0.550. The molecule has 144 valence electrons. The fourth-order valence-electron chi connectivity index (χ4n) is 4.35. The first-order chi connectivity index (χ1) is 13.0. The fourth-order valence-corrected chi connectivity index (χ4v) is 6.48. The zero-order valence-corrected chi connectivity index (χ0v) is 16.8. The van der Waals surface area contributed by atoms with E-state index < -0.39 is 14.6 Å². The van der Waals surface area contributed by atoms with Crippen molar-refractivity contribution in [3.8, 4) is 11.5 Å². The summed E-state index contributed by atoms with van der Waals surface area (Å²) in [6.07, 6.45) is 5.98. The van der Waals surface area contributed by atoms with E-state index in [0.29, 0.717) is 31.8 Å². The van der Waals surface area contributed by atoms with Gasteiger partial charge < -0.3 is 4.90 Å². The zero-order valence-electron chi connectivity index (χ0n) is 16.0. The summed E-state index contributed by atoms with van der Waals surface area (Å²) < 4.78 is 24.9. The summed E-state index contributed by atoms with van der Waals surface area (Å²) >= 11 is 0. The molecule has 3 heterocycles. The lowest BCUT2D eigenvalue weighted by atomic mass is 10.0. The number of aromatic nitrogens is 3. The molecule has 7 heteroatoms. The minimum absolute atomic E-state index is 0.187. The molecule has 1 aliphatic carbocycles. The Morgan fingerprint density at radius 1 is 1.15 bits per heavy atom. The molecule has 2 aromatic rings. The van der Waals surface area contributed by atoms with Gasteiger partial charge in [-0.1, -0.05) is 19.9 Å². The molecular weight excluding hydrogens is 360 g/mol. The molecule has 2 aliphatic rings. The molecule has 0 saturated carbocycles. The van der Waals surface area contributed by atoms with E-state index in [4.69, 9.17) is 9.97 Å². The summed E-state index contributed by atoms with van der Waals surface area (Å²) in [7, 11) is -3.10. The highest BCUT2D eigenvalue weighted by molar-refractivity contribution is 7.92. The van der Waals surface area contributed by atoms with Crippen molar-refractivity contribution >= 4 is 15.7 Å². The third-order valence-corrected chi connectivity index (χ3v) is 8.91. The summed E-state index contributed by atoms with van der Waals surface area (Å²) in [6, 6.07) is 5.73. The number of sulfone groups is 1. The van der Waals surface area contributed by atoms with Crippen molar-refractivity contribution in [3.05, 3.63) is 35.7 Å². The van der Waals surface area contributed by atoms with Crippen molar-refractivity contribution in [1.82, 2.24) is 15.0 Å². The first kappa shape index (κ1) is 18.3. The molecule has 0 aromatic carbocycles. The highest BCUT2D eigenvalue weighted by Gasteiger charge is 2.46. The van der Waals surface area contributed by atoms with Crippen molar-refractivity contribution < 1.29 is 8.42 Å². The summed E-state index contributed by atoms with van der Waals surface area (Å²) in [4.78, 5) is 16.2. The number of anilines is 1. The SMILES string of the molecule is CCC1(CC)CN(c2nc(-c3ccccn3)nc3c2CCC3)CCS1(=O)=O. The molecule has 0 unspecified atom stereocenters. The van der Waals surface area contributed by atoms with E-state index in [1.165, 1.54) is 5.56 Å². The molecule has 1 aliphatic heterocycles. The third-order valence-electron chi connectivity index (χ3n) is 6.16. The molecule has 0 radical (unpaired) electrons. The normalized spacial score (nSPS) is 20.4. The van der Waals surface area contributed by atoms with Gasteiger partial charge in [-0.3, -0.25) is 4.98 Å². The number of fused-ring (bicyclic) bond motifs is 1. The van der Waals surface area contributed by atoms with Crippen molar-refractivity contribution in [2.75, 3.05) is 23.7 Å². The van der Waals surface area contributed by atoms with Crippen molar-refractivity contribution in [2.45, 2.75) is 50.7 Å². The predicted octanol–water partition coefficient (Wildman–Crippen LogP) is 2.82. The molecular formula is C20H26N4O2S. The molecule has 0 atom stereocenters. The van der Waals surface area contributed by atoms with Crippen LogP contribution < -0.4 is 4.90 Å². The van der Waals surface area contributed by atoms with Crippen LogP contribution in [-0.4, -0.2) is 47.0 Å². The maximum atomic E-state index is 12.8. The monoisotopic (exact) mass is 386 g/mol. The second kappa shape index (κ2) is 6.86. The van der Waals surface area contributed by atoms with Crippen LogP contribution in [-0.2, 0) is 22.7 Å². The van der Waals surface area contributed by atoms with Gasteiger partial charge in [-0.15, -0.1) is 0 Å². The number of hydrogen-bond donors (Lipinski definition) is 0. The van der Waals surface area contributed by atoms with Crippen molar-refractivity contribution in [2.24, 2.45) is 0 Å². The molecule has 0 N–H and O–H groups in total. The first-order valence-electron chi connectivity index (χ1n) is 9.78. The lowest BCUT2D eigenvalue weighted by Crippen LogP contribution is -2.56. The Bertz CT molecular complexity index is 940. The maximum absolute atomic E-state index is 12.8. The highest BCUT2D eigenvalue weighted by atomic mass is 32.2. The Labute approximate surface area is 161 Å². The predicted molar refractivity (Wildman–Crippen MR) is 107 cm³/mol. The van der Waals surface area contributed by atoms with E-state index in [1.54, 1.807) is 6.20 Å². The van der Waals surface area contributed by atoms with Gasteiger partial charge in [0.2, 0.25) is 0 Å². The number of rotatable bonds is 4. The van der Waals surface area contributed by atoms with Crippen LogP contribution in [0.2, 0.25) is 0 Å². The minimum atomic E-state index is -3.10. The van der Waals surface area contributed by atoms with E-state index in [1.807, 2.05) is 32.0 Å². The van der Waals surface area contributed by atoms with E-state index >= 15 is 0 Å². The topological polar surface area (TPSA) is 76.1 Å². The Kier molecular flexibility index (Phi) is 4.66. The molecule has 27 heavy (non-hydrogen) atoms. The van der Waals surface area contributed by atoms with Gasteiger partial charge in [-0.05, 0) is 44.2 Å². The molecule has 6 nitrogen and oxygen atoms in total. The highest BCUT2D eigenvalue weighted by Crippen LogP contribution is 2.37. The smallest absolute Gasteiger partial charge is 0.180 e. The molecule has 4 rings (SSSR count). The average Bonchev–Trinajstić information content (AvgIpc) is 3.17.